The Kier molecular flexibility index (Phi) is 5.38. The monoisotopic (exact) mass is 304 g/mol. The zero-order valence-electron chi connectivity index (χ0n) is 11.3. The van der Waals surface area contributed by atoms with Crippen molar-refractivity contribution in [2.75, 3.05) is 13.1 Å². The van der Waals surface area contributed by atoms with Gasteiger partial charge in [-0.15, -0.1) is 12.4 Å². The Bertz CT molecular complexity index is 546. The average Bonchev–Trinajstić information content (AvgIpc) is 2.32. The van der Waals surface area contributed by atoms with E-state index in [0.717, 1.165) is 24.0 Å². The molecular formula is C13H21ClN2O2S. The van der Waals surface area contributed by atoms with Crippen molar-refractivity contribution in [3.05, 3.63) is 29.3 Å². The Hall–Kier alpha value is -0.620. The summed E-state index contributed by atoms with van der Waals surface area (Å²) in [6.45, 7) is 4.73. The predicted octanol–water partition coefficient (Wildman–Crippen LogP) is 1.84. The lowest BCUT2D eigenvalue weighted by molar-refractivity contribution is 0.316. The van der Waals surface area contributed by atoms with Crippen LogP contribution in [0, 0.1) is 13.8 Å². The molecule has 19 heavy (non-hydrogen) atoms. The van der Waals surface area contributed by atoms with E-state index in [1.807, 2.05) is 26.0 Å². The summed E-state index contributed by atoms with van der Waals surface area (Å²) >= 11 is 0. The first-order valence-electron chi connectivity index (χ1n) is 6.24. The summed E-state index contributed by atoms with van der Waals surface area (Å²) in [5, 5.41) is 0. The molecule has 0 bridgehead atoms. The van der Waals surface area contributed by atoms with E-state index in [0.29, 0.717) is 18.0 Å². The van der Waals surface area contributed by atoms with Gasteiger partial charge < -0.3 is 5.73 Å². The van der Waals surface area contributed by atoms with Crippen LogP contribution < -0.4 is 5.73 Å². The van der Waals surface area contributed by atoms with Gasteiger partial charge in [-0.3, -0.25) is 0 Å². The molecule has 1 aromatic rings. The van der Waals surface area contributed by atoms with Crippen molar-refractivity contribution in [3.63, 3.8) is 0 Å². The van der Waals surface area contributed by atoms with Gasteiger partial charge in [0.25, 0.3) is 0 Å². The van der Waals surface area contributed by atoms with Crippen LogP contribution in [0.15, 0.2) is 23.1 Å². The Labute approximate surface area is 121 Å². The van der Waals surface area contributed by atoms with Gasteiger partial charge in [-0.05, 0) is 43.9 Å². The van der Waals surface area contributed by atoms with Gasteiger partial charge in [0.05, 0.1) is 4.90 Å². The van der Waals surface area contributed by atoms with Gasteiger partial charge in [-0.25, -0.2) is 8.42 Å². The third-order valence-electron chi connectivity index (χ3n) is 3.38. The van der Waals surface area contributed by atoms with E-state index in [9.17, 15) is 8.42 Å². The predicted molar refractivity (Wildman–Crippen MR) is 79.1 cm³/mol. The minimum Gasteiger partial charge on any atom is -0.327 e. The molecule has 0 aromatic heterocycles. The van der Waals surface area contributed by atoms with Gasteiger partial charge in [0.2, 0.25) is 10.0 Å². The molecule has 1 aromatic carbocycles. The summed E-state index contributed by atoms with van der Waals surface area (Å²) in [6, 6.07) is 5.48. The maximum absolute atomic E-state index is 12.6. The van der Waals surface area contributed by atoms with E-state index in [1.165, 1.54) is 4.31 Å². The fourth-order valence-corrected chi connectivity index (χ4v) is 4.16. The molecule has 6 heteroatoms. The van der Waals surface area contributed by atoms with Crippen LogP contribution >= 0.6 is 12.4 Å². The third-order valence-corrected chi connectivity index (χ3v) is 5.39. The maximum Gasteiger partial charge on any atom is 0.243 e. The molecule has 0 aliphatic carbocycles. The van der Waals surface area contributed by atoms with Crippen LogP contribution in [-0.2, 0) is 10.0 Å². The summed E-state index contributed by atoms with van der Waals surface area (Å²) < 4.78 is 26.7. The Morgan fingerprint density at radius 1 is 1.32 bits per heavy atom. The molecule has 0 spiro atoms. The van der Waals surface area contributed by atoms with Crippen LogP contribution in [0.2, 0.25) is 0 Å². The Morgan fingerprint density at radius 2 is 2.00 bits per heavy atom. The van der Waals surface area contributed by atoms with Crippen molar-refractivity contribution in [2.45, 2.75) is 37.6 Å². The highest BCUT2D eigenvalue weighted by molar-refractivity contribution is 7.89. The van der Waals surface area contributed by atoms with Gasteiger partial charge in [-0.1, -0.05) is 12.1 Å². The number of benzene rings is 1. The molecule has 1 aliphatic heterocycles. The maximum atomic E-state index is 12.6. The van der Waals surface area contributed by atoms with E-state index in [1.54, 1.807) is 6.07 Å². The van der Waals surface area contributed by atoms with Crippen molar-refractivity contribution >= 4 is 22.4 Å². The molecule has 108 valence electrons. The highest BCUT2D eigenvalue weighted by Gasteiger charge is 2.29. The Morgan fingerprint density at radius 3 is 2.63 bits per heavy atom. The number of halogens is 1. The summed E-state index contributed by atoms with van der Waals surface area (Å²) in [6.07, 6.45) is 1.74. The van der Waals surface area contributed by atoms with Gasteiger partial charge in [-0.2, -0.15) is 4.31 Å². The highest BCUT2D eigenvalue weighted by Crippen LogP contribution is 2.23. The fourth-order valence-electron chi connectivity index (χ4n) is 2.32. The molecule has 2 N–H and O–H groups in total. The quantitative estimate of drug-likeness (QED) is 0.907. The first kappa shape index (κ1) is 16.4. The molecule has 1 fully saturated rings. The van der Waals surface area contributed by atoms with E-state index in [2.05, 4.69) is 0 Å². The first-order valence-corrected chi connectivity index (χ1v) is 7.68. The molecule has 0 amide bonds. The van der Waals surface area contributed by atoms with E-state index in [4.69, 9.17) is 5.73 Å². The van der Waals surface area contributed by atoms with Crippen molar-refractivity contribution in [3.8, 4) is 0 Å². The number of nitrogens with zero attached hydrogens (tertiary/aromatic N) is 1. The minimum absolute atomic E-state index is 0. The molecule has 4 nitrogen and oxygen atoms in total. The second-order valence-corrected chi connectivity index (χ2v) is 6.94. The van der Waals surface area contributed by atoms with Crippen LogP contribution in [0.5, 0.6) is 0 Å². The molecule has 1 saturated heterocycles. The second kappa shape index (κ2) is 6.22. The van der Waals surface area contributed by atoms with E-state index in [-0.39, 0.29) is 18.4 Å². The number of rotatable bonds is 2. The molecule has 0 saturated carbocycles. The van der Waals surface area contributed by atoms with Crippen LogP contribution in [0.1, 0.15) is 24.0 Å². The lowest BCUT2D eigenvalue weighted by Crippen LogP contribution is -2.45. The summed E-state index contributed by atoms with van der Waals surface area (Å²) in [7, 11) is -3.39. The number of nitrogens with two attached hydrogens (primary N) is 1. The summed E-state index contributed by atoms with van der Waals surface area (Å²) in [4.78, 5) is 0.414. The second-order valence-electron chi connectivity index (χ2n) is 5.03. The van der Waals surface area contributed by atoms with Crippen molar-refractivity contribution in [2.24, 2.45) is 5.73 Å². The molecule has 1 aliphatic rings. The topological polar surface area (TPSA) is 63.4 Å². The molecule has 0 radical (unpaired) electrons. The average molecular weight is 305 g/mol. The van der Waals surface area contributed by atoms with Gasteiger partial charge in [0, 0.05) is 19.1 Å². The van der Waals surface area contributed by atoms with Crippen LogP contribution in [0.25, 0.3) is 0 Å². The first-order chi connectivity index (χ1) is 8.41. The highest BCUT2D eigenvalue weighted by atomic mass is 35.5. The van der Waals surface area contributed by atoms with Crippen molar-refractivity contribution < 1.29 is 8.42 Å². The SMILES string of the molecule is Cc1ccc(C)c(S(=O)(=O)N2CCCC(N)C2)c1.Cl. The minimum atomic E-state index is -3.39. The van der Waals surface area contributed by atoms with Crippen LogP contribution in [-0.4, -0.2) is 31.9 Å². The normalized spacial score (nSPS) is 20.9. The lowest BCUT2D eigenvalue weighted by Gasteiger charge is -2.30. The number of hydrogen-bond donors (Lipinski definition) is 1. The van der Waals surface area contributed by atoms with E-state index >= 15 is 0 Å². The molecule has 1 unspecified atom stereocenters. The zero-order valence-corrected chi connectivity index (χ0v) is 12.9. The summed E-state index contributed by atoms with van der Waals surface area (Å²) in [5.74, 6) is 0. The third kappa shape index (κ3) is 3.48. The van der Waals surface area contributed by atoms with Gasteiger partial charge >= 0.3 is 0 Å². The lowest BCUT2D eigenvalue weighted by atomic mass is 10.1. The smallest absolute Gasteiger partial charge is 0.243 e. The number of piperidine rings is 1. The largest absolute Gasteiger partial charge is 0.327 e. The van der Waals surface area contributed by atoms with Crippen molar-refractivity contribution in [1.29, 1.82) is 0 Å². The van der Waals surface area contributed by atoms with Crippen LogP contribution in [0.3, 0.4) is 0 Å². The van der Waals surface area contributed by atoms with Crippen molar-refractivity contribution in [1.82, 2.24) is 4.31 Å². The van der Waals surface area contributed by atoms with Crippen LogP contribution in [0.4, 0.5) is 0 Å². The number of sulfonamides is 1. The van der Waals surface area contributed by atoms with Gasteiger partial charge in [0.1, 0.15) is 0 Å². The Balaban J connectivity index is 0.00000180. The molecule has 2 rings (SSSR count). The standard InChI is InChI=1S/C13H20N2O2S.ClH/c1-10-5-6-11(2)13(8-10)18(16,17)15-7-3-4-12(14)9-15;/h5-6,8,12H,3-4,7,9,14H2,1-2H3;1H. The molecule has 1 atom stereocenters. The van der Waals surface area contributed by atoms with Gasteiger partial charge in [0.15, 0.2) is 0 Å². The zero-order chi connectivity index (χ0) is 13.3. The van der Waals surface area contributed by atoms with E-state index < -0.39 is 10.0 Å². The number of aryl methyl sites for hydroxylation is 2. The molecule has 1 heterocycles. The fraction of sp³-hybridized carbons (Fsp3) is 0.538. The number of hydrogen-bond acceptors (Lipinski definition) is 3. The molecular weight excluding hydrogens is 284 g/mol. The summed E-state index contributed by atoms with van der Waals surface area (Å²) in [5.41, 5.74) is 7.61.